The lowest BCUT2D eigenvalue weighted by atomic mass is 10.0. The highest BCUT2D eigenvalue weighted by Gasteiger charge is 2.19. The Balaban J connectivity index is 4.33. The van der Waals surface area contributed by atoms with Crippen LogP contribution in [-0.2, 0) is 28.6 Å². The first-order valence-electron chi connectivity index (χ1n) is 25.3. The van der Waals surface area contributed by atoms with E-state index in [1.54, 1.807) is 0 Å². The van der Waals surface area contributed by atoms with Crippen molar-refractivity contribution in [3.8, 4) is 0 Å². The second-order valence-electron chi connectivity index (χ2n) is 16.7. The molecule has 60 heavy (non-hydrogen) atoms. The number of carbonyl (C=O) groups is 3. The van der Waals surface area contributed by atoms with Gasteiger partial charge in [-0.3, -0.25) is 14.4 Å². The number of hydrogen-bond acceptors (Lipinski definition) is 6. The van der Waals surface area contributed by atoms with Crippen molar-refractivity contribution < 1.29 is 28.6 Å². The van der Waals surface area contributed by atoms with Crippen LogP contribution in [0.2, 0.25) is 0 Å². The Labute approximate surface area is 370 Å². The maximum atomic E-state index is 12.7. The molecule has 1 atom stereocenters. The van der Waals surface area contributed by atoms with Crippen LogP contribution in [0.1, 0.15) is 245 Å². The van der Waals surface area contributed by atoms with Gasteiger partial charge in [0.25, 0.3) is 0 Å². The van der Waals surface area contributed by atoms with Gasteiger partial charge in [0.2, 0.25) is 0 Å². The van der Waals surface area contributed by atoms with Crippen molar-refractivity contribution in [3.63, 3.8) is 0 Å². The zero-order chi connectivity index (χ0) is 43.7. The summed E-state index contributed by atoms with van der Waals surface area (Å²) in [5.41, 5.74) is 0. The fourth-order valence-electron chi connectivity index (χ4n) is 7.01. The molecule has 0 aromatic heterocycles. The first-order chi connectivity index (χ1) is 29.5. The minimum absolute atomic E-state index is 0.0941. The number of esters is 3. The van der Waals surface area contributed by atoms with Crippen LogP contribution < -0.4 is 0 Å². The van der Waals surface area contributed by atoms with Crippen molar-refractivity contribution in [2.24, 2.45) is 0 Å². The van der Waals surface area contributed by atoms with Crippen LogP contribution in [0.3, 0.4) is 0 Å². The largest absolute Gasteiger partial charge is 0.462 e. The van der Waals surface area contributed by atoms with Crippen LogP contribution in [0, 0.1) is 0 Å². The molecular weight excluding hydrogens is 745 g/mol. The zero-order valence-corrected chi connectivity index (χ0v) is 39.5. The summed E-state index contributed by atoms with van der Waals surface area (Å²) in [4.78, 5) is 37.7. The molecule has 0 N–H and O–H groups in total. The van der Waals surface area contributed by atoms with E-state index in [0.29, 0.717) is 19.3 Å². The molecule has 0 aromatic carbocycles. The van der Waals surface area contributed by atoms with Gasteiger partial charge in [0, 0.05) is 19.3 Å². The van der Waals surface area contributed by atoms with Crippen LogP contribution in [0.4, 0.5) is 0 Å². The summed E-state index contributed by atoms with van der Waals surface area (Å²) in [6, 6.07) is 0. The Kier molecular flexibility index (Phi) is 46.4. The molecule has 0 saturated carbocycles. The maximum Gasteiger partial charge on any atom is 0.306 e. The third kappa shape index (κ3) is 46.2. The molecule has 0 spiro atoms. The van der Waals surface area contributed by atoms with E-state index in [4.69, 9.17) is 14.2 Å². The van der Waals surface area contributed by atoms with Gasteiger partial charge < -0.3 is 14.2 Å². The highest BCUT2D eigenvalue weighted by molar-refractivity contribution is 5.71. The van der Waals surface area contributed by atoms with Crippen LogP contribution in [0.15, 0.2) is 60.8 Å². The summed E-state index contributed by atoms with van der Waals surface area (Å²) < 4.78 is 16.7. The minimum Gasteiger partial charge on any atom is -0.462 e. The average Bonchev–Trinajstić information content (AvgIpc) is 3.24. The number of unbranched alkanes of at least 4 members (excludes halogenated alkanes) is 24. The summed E-state index contributed by atoms with van der Waals surface area (Å²) in [5, 5.41) is 0. The van der Waals surface area contributed by atoms with E-state index in [2.05, 4.69) is 81.5 Å². The highest BCUT2D eigenvalue weighted by Crippen LogP contribution is 2.15. The van der Waals surface area contributed by atoms with Gasteiger partial charge in [0.15, 0.2) is 6.10 Å². The van der Waals surface area contributed by atoms with Crippen molar-refractivity contribution >= 4 is 17.9 Å². The molecule has 346 valence electrons. The summed E-state index contributed by atoms with van der Waals surface area (Å²) >= 11 is 0. The Morgan fingerprint density at radius 1 is 0.350 bits per heavy atom. The molecule has 6 heteroatoms. The lowest BCUT2D eigenvalue weighted by molar-refractivity contribution is -0.167. The number of carbonyl (C=O) groups excluding carboxylic acids is 3. The van der Waals surface area contributed by atoms with Gasteiger partial charge in [0.1, 0.15) is 13.2 Å². The first-order valence-corrected chi connectivity index (χ1v) is 25.3. The van der Waals surface area contributed by atoms with Crippen molar-refractivity contribution in [1.82, 2.24) is 0 Å². The van der Waals surface area contributed by atoms with E-state index in [0.717, 1.165) is 77.0 Å². The van der Waals surface area contributed by atoms with Gasteiger partial charge >= 0.3 is 17.9 Å². The number of allylic oxidation sites excluding steroid dienone is 10. The maximum absolute atomic E-state index is 12.7. The Morgan fingerprint density at radius 3 is 1.00 bits per heavy atom. The molecule has 0 aliphatic heterocycles. The average molecular weight is 839 g/mol. The molecule has 0 amide bonds. The molecule has 0 aliphatic carbocycles. The molecular formula is C54H94O6. The summed E-state index contributed by atoms with van der Waals surface area (Å²) in [5.74, 6) is -0.955. The number of hydrogen-bond donors (Lipinski definition) is 0. The standard InChI is InChI=1S/C54H94O6/c1-4-7-10-13-16-18-20-22-24-26-28-29-31-33-35-38-41-44-47-53(56)59-50-51(49-58-52(55)46-43-40-37-15-12-9-6-3)60-54(57)48-45-42-39-36-34-32-30-27-25-23-21-19-17-14-11-8-5-2/h8,11,17,19,23,25,30,32,36,39,51H,4-7,9-10,12-16,18,20-22,24,26-29,31,33-35,37-38,40-50H2,1-3H3/b11-8-,19-17-,25-23-,32-30-,39-36-. The highest BCUT2D eigenvalue weighted by atomic mass is 16.6. The Hall–Kier alpha value is -2.89. The second kappa shape index (κ2) is 48.8. The third-order valence-corrected chi connectivity index (χ3v) is 10.8. The molecule has 6 nitrogen and oxygen atoms in total. The Morgan fingerprint density at radius 2 is 0.650 bits per heavy atom. The summed E-state index contributed by atoms with van der Waals surface area (Å²) in [6.45, 7) is 6.44. The van der Waals surface area contributed by atoms with Crippen LogP contribution >= 0.6 is 0 Å². The third-order valence-electron chi connectivity index (χ3n) is 10.8. The number of rotatable bonds is 45. The van der Waals surface area contributed by atoms with Crippen molar-refractivity contribution in [2.75, 3.05) is 13.2 Å². The van der Waals surface area contributed by atoms with Gasteiger partial charge in [-0.2, -0.15) is 0 Å². The summed E-state index contributed by atoms with van der Waals surface area (Å²) in [7, 11) is 0. The van der Waals surface area contributed by atoms with E-state index in [9.17, 15) is 14.4 Å². The first kappa shape index (κ1) is 57.1. The topological polar surface area (TPSA) is 78.9 Å². The fourth-order valence-corrected chi connectivity index (χ4v) is 7.01. The van der Waals surface area contributed by atoms with Crippen molar-refractivity contribution in [2.45, 2.75) is 252 Å². The molecule has 1 unspecified atom stereocenters. The Bertz CT molecular complexity index is 1100. The van der Waals surface area contributed by atoms with Crippen LogP contribution in [0.5, 0.6) is 0 Å². The van der Waals surface area contributed by atoms with Crippen molar-refractivity contribution in [3.05, 3.63) is 60.8 Å². The van der Waals surface area contributed by atoms with Crippen molar-refractivity contribution in [1.29, 1.82) is 0 Å². The molecule has 0 bridgehead atoms. The molecule has 0 saturated heterocycles. The lowest BCUT2D eigenvalue weighted by Gasteiger charge is -2.18. The van der Waals surface area contributed by atoms with E-state index < -0.39 is 6.10 Å². The lowest BCUT2D eigenvalue weighted by Crippen LogP contribution is -2.30. The van der Waals surface area contributed by atoms with Crippen LogP contribution in [0.25, 0.3) is 0 Å². The summed E-state index contributed by atoms with van der Waals surface area (Å²) in [6.07, 6.45) is 59.4. The SMILES string of the molecule is CC/C=C\C/C=C\C/C=C\C/C=C\C/C=C\CCCC(=O)OC(COC(=O)CCCCCCCCC)COC(=O)CCCCCCCCCCCCCCCCCCCC. The van der Waals surface area contributed by atoms with Crippen LogP contribution in [-0.4, -0.2) is 37.2 Å². The van der Waals surface area contributed by atoms with Gasteiger partial charge in [0.05, 0.1) is 0 Å². The quantitative estimate of drug-likeness (QED) is 0.0263. The zero-order valence-electron chi connectivity index (χ0n) is 39.5. The van der Waals surface area contributed by atoms with E-state index >= 15 is 0 Å². The molecule has 0 aliphatic rings. The van der Waals surface area contributed by atoms with Gasteiger partial charge in [-0.25, -0.2) is 0 Å². The van der Waals surface area contributed by atoms with E-state index in [1.165, 1.54) is 122 Å². The number of ether oxygens (including phenoxy) is 3. The second-order valence-corrected chi connectivity index (χ2v) is 16.7. The predicted molar refractivity (Wildman–Crippen MR) is 256 cm³/mol. The van der Waals surface area contributed by atoms with Gasteiger partial charge in [-0.05, 0) is 57.8 Å². The predicted octanol–water partition coefficient (Wildman–Crippen LogP) is 16.5. The minimum atomic E-state index is -0.798. The molecule has 0 heterocycles. The molecule has 0 radical (unpaired) electrons. The van der Waals surface area contributed by atoms with E-state index in [1.807, 2.05) is 0 Å². The molecule has 0 rings (SSSR count). The monoisotopic (exact) mass is 839 g/mol. The van der Waals surface area contributed by atoms with Gasteiger partial charge in [-0.15, -0.1) is 0 Å². The fraction of sp³-hybridized carbons (Fsp3) is 0.759. The van der Waals surface area contributed by atoms with E-state index in [-0.39, 0.29) is 37.5 Å². The molecule has 0 aromatic rings. The van der Waals surface area contributed by atoms with Gasteiger partial charge in [-0.1, -0.05) is 229 Å². The smallest absolute Gasteiger partial charge is 0.306 e. The normalized spacial score (nSPS) is 12.5. The molecule has 0 fully saturated rings.